The number of esters is 1. The summed E-state index contributed by atoms with van der Waals surface area (Å²) in [6, 6.07) is 19.0. The second-order valence-electron chi connectivity index (χ2n) is 7.08. The van der Waals surface area contributed by atoms with Gasteiger partial charge in [-0.15, -0.1) is 0 Å². The first-order valence-corrected chi connectivity index (χ1v) is 9.97. The minimum absolute atomic E-state index is 0.202. The van der Waals surface area contributed by atoms with E-state index in [1.165, 1.54) is 0 Å². The molecule has 150 valence electrons. The van der Waals surface area contributed by atoms with Crippen molar-refractivity contribution in [2.45, 2.75) is 39.7 Å². The van der Waals surface area contributed by atoms with Crippen LogP contribution in [-0.4, -0.2) is 22.4 Å². The lowest BCUT2D eigenvalue weighted by atomic mass is 10.1. The largest absolute Gasteiger partial charge is 0.454 e. The first-order chi connectivity index (χ1) is 13.9. The molecular formula is C24H24ClNO3. The number of carbonyl (C=O) groups is 2. The highest BCUT2D eigenvalue weighted by atomic mass is 35.5. The number of hydrogen-bond donors (Lipinski definition) is 0. The van der Waals surface area contributed by atoms with Crippen molar-refractivity contribution in [1.29, 1.82) is 0 Å². The molecule has 3 aromatic rings. The molecule has 0 aliphatic rings. The summed E-state index contributed by atoms with van der Waals surface area (Å²) >= 11 is 5.98. The molecule has 0 amide bonds. The van der Waals surface area contributed by atoms with Gasteiger partial charge in [0.25, 0.3) is 0 Å². The van der Waals surface area contributed by atoms with Crippen molar-refractivity contribution in [3.8, 4) is 5.69 Å². The fourth-order valence-corrected chi connectivity index (χ4v) is 3.55. The second kappa shape index (κ2) is 9.10. The number of nitrogens with zero attached hydrogens (tertiary/aromatic N) is 1. The molecule has 0 radical (unpaired) electrons. The molecule has 0 unspecified atom stereocenters. The van der Waals surface area contributed by atoms with Crippen LogP contribution in [0.2, 0.25) is 5.02 Å². The van der Waals surface area contributed by atoms with E-state index in [1.807, 2.05) is 79.1 Å². The second-order valence-corrected chi connectivity index (χ2v) is 7.52. The fraction of sp³-hybridized carbons (Fsp3) is 0.250. The Balaban J connectivity index is 1.68. The van der Waals surface area contributed by atoms with E-state index in [0.717, 1.165) is 22.6 Å². The Bertz CT molecular complexity index is 1010. The maximum atomic E-state index is 12.9. The van der Waals surface area contributed by atoms with Crippen LogP contribution in [0.5, 0.6) is 0 Å². The van der Waals surface area contributed by atoms with Crippen LogP contribution in [0.15, 0.2) is 60.7 Å². The summed E-state index contributed by atoms with van der Waals surface area (Å²) in [4.78, 5) is 25.1. The Morgan fingerprint density at radius 2 is 1.69 bits per heavy atom. The SMILES string of the molecule is Cc1cc(C(=O)[C@@H](C)OC(=O)CCc2ccccc2)c(C)n1-c1ccc(Cl)cc1. The molecular weight excluding hydrogens is 386 g/mol. The Labute approximate surface area is 176 Å². The van der Waals surface area contributed by atoms with Crippen LogP contribution in [0.1, 0.15) is 40.7 Å². The maximum absolute atomic E-state index is 12.9. The Morgan fingerprint density at radius 1 is 1.03 bits per heavy atom. The van der Waals surface area contributed by atoms with E-state index < -0.39 is 6.10 Å². The van der Waals surface area contributed by atoms with Crippen molar-refractivity contribution < 1.29 is 14.3 Å². The Morgan fingerprint density at radius 3 is 2.34 bits per heavy atom. The first-order valence-electron chi connectivity index (χ1n) is 9.59. The Hall–Kier alpha value is -2.85. The highest BCUT2D eigenvalue weighted by molar-refractivity contribution is 6.30. The number of hydrogen-bond acceptors (Lipinski definition) is 3. The molecule has 0 spiro atoms. The fourth-order valence-electron chi connectivity index (χ4n) is 3.42. The number of benzene rings is 2. The summed E-state index contributed by atoms with van der Waals surface area (Å²) in [6.07, 6.45) is -0.00525. The molecule has 0 aliphatic heterocycles. The van der Waals surface area contributed by atoms with Crippen LogP contribution in [0.3, 0.4) is 0 Å². The number of aryl methyl sites for hydroxylation is 2. The molecule has 1 atom stereocenters. The standard InChI is InChI=1S/C24H24ClNO3/c1-16-15-22(17(2)26(16)21-12-10-20(25)11-13-21)24(28)18(3)29-23(27)14-9-19-7-5-4-6-8-19/h4-8,10-13,15,18H,9,14H2,1-3H3/t18-/m1/s1. The van der Waals surface area contributed by atoms with Crippen LogP contribution < -0.4 is 0 Å². The average molecular weight is 410 g/mol. The zero-order chi connectivity index (χ0) is 21.0. The van der Waals surface area contributed by atoms with Gasteiger partial charge in [-0.1, -0.05) is 41.9 Å². The average Bonchev–Trinajstić information content (AvgIpc) is 3.01. The number of Topliss-reactive ketones (excluding diaryl/α,β-unsaturated/α-hetero) is 1. The van der Waals surface area contributed by atoms with E-state index in [0.29, 0.717) is 17.0 Å². The number of ketones is 1. The molecule has 1 heterocycles. The lowest BCUT2D eigenvalue weighted by Gasteiger charge is -2.13. The third kappa shape index (κ3) is 4.96. The van der Waals surface area contributed by atoms with E-state index in [-0.39, 0.29) is 18.2 Å². The summed E-state index contributed by atoms with van der Waals surface area (Å²) in [5.74, 6) is -0.576. The minimum atomic E-state index is -0.836. The van der Waals surface area contributed by atoms with Crippen molar-refractivity contribution in [2.24, 2.45) is 0 Å². The minimum Gasteiger partial charge on any atom is -0.454 e. The van der Waals surface area contributed by atoms with Crippen molar-refractivity contribution in [3.63, 3.8) is 0 Å². The number of halogens is 1. The summed E-state index contributed by atoms with van der Waals surface area (Å²) in [5.41, 5.74) is 4.28. The highest BCUT2D eigenvalue weighted by Crippen LogP contribution is 2.23. The molecule has 0 saturated heterocycles. The van der Waals surface area contributed by atoms with Gasteiger partial charge in [-0.3, -0.25) is 9.59 Å². The lowest BCUT2D eigenvalue weighted by molar-refractivity contribution is -0.146. The van der Waals surface area contributed by atoms with Gasteiger partial charge in [-0.25, -0.2) is 0 Å². The predicted molar refractivity (Wildman–Crippen MR) is 115 cm³/mol. The van der Waals surface area contributed by atoms with E-state index in [9.17, 15) is 9.59 Å². The van der Waals surface area contributed by atoms with Gasteiger partial charge in [0.15, 0.2) is 6.10 Å². The van der Waals surface area contributed by atoms with Crippen LogP contribution in [0, 0.1) is 13.8 Å². The number of ether oxygens (including phenoxy) is 1. The summed E-state index contributed by atoms with van der Waals surface area (Å²) in [6.45, 7) is 5.45. The Kier molecular flexibility index (Phi) is 6.55. The van der Waals surface area contributed by atoms with Crippen LogP contribution in [0.4, 0.5) is 0 Å². The van der Waals surface area contributed by atoms with Gasteiger partial charge in [0.2, 0.25) is 5.78 Å². The number of aromatic nitrogens is 1. The molecule has 1 aromatic heterocycles. The third-order valence-electron chi connectivity index (χ3n) is 4.92. The van der Waals surface area contributed by atoms with Gasteiger partial charge in [0, 0.05) is 34.1 Å². The third-order valence-corrected chi connectivity index (χ3v) is 5.17. The molecule has 0 bridgehead atoms. The monoisotopic (exact) mass is 409 g/mol. The van der Waals surface area contributed by atoms with Gasteiger partial charge in [0.05, 0.1) is 0 Å². The summed E-state index contributed by atoms with van der Waals surface area (Å²) in [5, 5.41) is 0.656. The van der Waals surface area contributed by atoms with Crippen molar-refractivity contribution >= 4 is 23.4 Å². The molecule has 0 saturated carbocycles. The van der Waals surface area contributed by atoms with Gasteiger partial charge in [-0.05, 0) is 63.1 Å². The summed E-state index contributed by atoms with van der Waals surface area (Å²) < 4.78 is 7.39. The quantitative estimate of drug-likeness (QED) is 0.382. The molecule has 5 heteroatoms. The molecule has 29 heavy (non-hydrogen) atoms. The summed E-state index contributed by atoms with van der Waals surface area (Å²) in [7, 11) is 0. The van der Waals surface area contributed by atoms with E-state index >= 15 is 0 Å². The van der Waals surface area contributed by atoms with Crippen LogP contribution >= 0.6 is 11.6 Å². The highest BCUT2D eigenvalue weighted by Gasteiger charge is 2.24. The molecule has 4 nitrogen and oxygen atoms in total. The molecule has 0 fully saturated rings. The molecule has 0 aliphatic carbocycles. The predicted octanol–water partition coefficient (Wildman–Crippen LogP) is 5.49. The van der Waals surface area contributed by atoms with Crippen LogP contribution in [-0.2, 0) is 16.0 Å². The first kappa shape index (κ1) is 20.9. The van der Waals surface area contributed by atoms with Crippen molar-refractivity contribution in [1.82, 2.24) is 4.57 Å². The van der Waals surface area contributed by atoms with Gasteiger partial charge in [0.1, 0.15) is 0 Å². The zero-order valence-electron chi connectivity index (χ0n) is 16.8. The zero-order valence-corrected chi connectivity index (χ0v) is 17.6. The number of carbonyl (C=O) groups excluding carboxylic acids is 2. The van der Waals surface area contributed by atoms with E-state index in [2.05, 4.69) is 0 Å². The number of rotatable bonds is 7. The molecule has 0 N–H and O–H groups in total. The van der Waals surface area contributed by atoms with Gasteiger partial charge in [-0.2, -0.15) is 0 Å². The molecule has 3 rings (SSSR count). The van der Waals surface area contributed by atoms with E-state index in [4.69, 9.17) is 16.3 Å². The maximum Gasteiger partial charge on any atom is 0.306 e. The smallest absolute Gasteiger partial charge is 0.306 e. The molecule has 2 aromatic carbocycles. The normalized spacial score (nSPS) is 11.9. The lowest BCUT2D eigenvalue weighted by Crippen LogP contribution is -2.25. The van der Waals surface area contributed by atoms with Crippen molar-refractivity contribution in [2.75, 3.05) is 0 Å². The van der Waals surface area contributed by atoms with Crippen molar-refractivity contribution in [3.05, 3.63) is 88.2 Å². The van der Waals surface area contributed by atoms with Gasteiger partial charge < -0.3 is 9.30 Å². The van der Waals surface area contributed by atoms with Gasteiger partial charge >= 0.3 is 5.97 Å². The van der Waals surface area contributed by atoms with E-state index in [1.54, 1.807) is 6.92 Å². The van der Waals surface area contributed by atoms with Crippen LogP contribution in [0.25, 0.3) is 5.69 Å². The topological polar surface area (TPSA) is 48.3 Å².